The van der Waals surface area contributed by atoms with Crippen LogP contribution in [0.25, 0.3) is 0 Å². The van der Waals surface area contributed by atoms with Gasteiger partial charge >= 0.3 is 5.97 Å². The number of alkyl halides is 1. The fourth-order valence-corrected chi connectivity index (χ4v) is 7.53. The standard InChI is InChI=1S/C19H21FO2/c1-22-15(21)16-7-14-8-17(12-20)11-18(9-16,19(14,17)10-16)13-5-3-2-4-6-13/h2-6,14H,7-12H2,1H3. The van der Waals surface area contributed by atoms with Gasteiger partial charge in [0.25, 0.3) is 0 Å². The van der Waals surface area contributed by atoms with Gasteiger partial charge in [-0.25, -0.2) is 0 Å². The van der Waals surface area contributed by atoms with E-state index in [-0.39, 0.29) is 34.3 Å². The highest BCUT2D eigenvalue weighted by Crippen LogP contribution is 2.94. The van der Waals surface area contributed by atoms with Crippen molar-refractivity contribution >= 4 is 5.97 Å². The summed E-state index contributed by atoms with van der Waals surface area (Å²) < 4.78 is 19.1. The van der Waals surface area contributed by atoms with Crippen molar-refractivity contribution in [2.75, 3.05) is 13.8 Å². The molecule has 0 saturated heterocycles. The van der Waals surface area contributed by atoms with Gasteiger partial charge in [-0.15, -0.1) is 0 Å². The largest absolute Gasteiger partial charge is 0.469 e. The van der Waals surface area contributed by atoms with Crippen LogP contribution in [0, 0.1) is 22.2 Å². The molecule has 0 N–H and O–H groups in total. The van der Waals surface area contributed by atoms with Gasteiger partial charge in [-0.1, -0.05) is 30.3 Å². The highest BCUT2D eigenvalue weighted by Gasteiger charge is 2.91. The molecule has 0 radical (unpaired) electrons. The predicted octanol–water partition coefficient (Wildman–Crippen LogP) is 3.65. The molecule has 2 bridgehead atoms. The summed E-state index contributed by atoms with van der Waals surface area (Å²) in [5.41, 5.74) is 0.830. The molecule has 5 rings (SSSR count). The van der Waals surface area contributed by atoms with E-state index in [1.54, 1.807) is 0 Å². The van der Waals surface area contributed by atoms with Crippen molar-refractivity contribution in [3.63, 3.8) is 0 Å². The van der Waals surface area contributed by atoms with Gasteiger partial charge in [0.1, 0.15) is 0 Å². The van der Waals surface area contributed by atoms with E-state index < -0.39 is 0 Å². The Morgan fingerprint density at radius 3 is 2.68 bits per heavy atom. The molecule has 0 amide bonds. The Labute approximate surface area is 130 Å². The summed E-state index contributed by atoms with van der Waals surface area (Å²) in [6, 6.07) is 10.5. The molecule has 1 aromatic rings. The number of methoxy groups -OCH3 is 1. The van der Waals surface area contributed by atoms with Crippen LogP contribution in [0.4, 0.5) is 4.39 Å². The SMILES string of the molecule is COC(=O)C12CC3CC4(CF)CC(c5ccccc5)(C1)C34C2. The third-order valence-electron chi connectivity index (χ3n) is 7.87. The molecule has 4 saturated carbocycles. The molecule has 4 aliphatic carbocycles. The number of halogens is 1. The number of fused-ring (bicyclic) bond motifs is 1. The maximum atomic E-state index is 13.9. The zero-order chi connectivity index (χ0) is 15.2. The summed E-state index contributed by atoms with van der Waals surface area (Å²) in [6.45, 7) is -0.227. The van der Waals surface area contributed by atoms with Crippen LogP contribution < -0.4 is 0 Å². The van der Waals surface area contributed by atoms with Gasteiger partial charge in [0.15, 0.2) is 0 Å². The normalized spacial score (nSPS) is 50.0. The first-order valence-corrected chi connectivity index (χ1v) is 8.28. The fourth-order valence-electron chi connectivity index (χ4n) is 7.53. The quantitative estimate of drug-likeness (QED) is 0.797. The maximum Gasteiger partial charge on any atom is 0.311 e. The molecule has 0 aromatic heterocycles. The van der Waals surface area contributed by atoms with Crippen molar-refractivity contribution in [1.29, 1.82) is 0 Å². The molecule has 2 nitrogen and oxygen atoms in total. The van der Waals surface area contributed by atoms with Crippen molar-refractivity contribution in [1.82, 2.24) is 0 Å². The molecule has 1 spiro atoms. The molecule has 5 atom stereocenters. The smallest absolute Gasteiger partial charge is 0.311 e. The van der Waals surface area contributed by atoms with Gasteiger partial charge in [-0.05, 0) is 49.0 Å². The number of ether oxygens (including phenoxy) is 1. The molecular formula is C19H21FO2. The maximum absolute atomic E-state index is 13.9. The highest BCUT2D eigenvalue weighted by atomic mass is 19.1. The summed E-state index contributed by atoms with van der Waals surface area (Å²) in [6.07, 6.45) is 4.49. The molecule has 5 unspecified atom stereocenters. The van der Waals surface area contributed by atoms with Crippen molar-refractivity contribution in [3.05, 3.63) is 35.9 Å². The third-order valence-corrected chi connectivity index (χ3v) is 7.87. The van der Waals surface area contributed by atoms with Crippen LogP contribution in [0.5, 0.6) is 0 Å². The van der Waals surface area contributed by atoms with Gasteiger partial charge in [-0.3, -0.25) is 9.18 Å². The average molecular weight is 300 g/mol. The molecule has 4 aliphatic rings. The third kappa shape index (κ3) is 1.01. The van der Waals surface area contributed by atoms with E-state index in [2.05, 4.69) is 24.3 Å². The van der Waals surface area contributed by atoms with Crippen LogP contribution in [-0.4, -0.2) is 19.8 Å². The topological polar surface area (TPSA) is 26.3 Å². The summed E-state index contributed by atoms with van der Waals surface area (Å²) >= 11 is 0. The molecular weight excluding hydrogens is 279 g/mol. The number of hydrogen-bond donors (Lipinski definition) is 0. The lowest BCUT2D eigenvalue weighted by Crippen LogP contribution is -2.76. The number of esters is 1. The summed E-state index contributed by atoms with van der Waals surface area (Å²) in [5, 5.41) is 0. The van der Waals surface area contributed by atoms with Crippen LogP contribution in [0.1, 0.15) is 37.7 Å². The average Bonchev–Trinajstić information content (AvgIpc) is 3.01. The van der Waals surface area contributed by atoms with E-state index in [1.807, 2.05) is 6.07 Å². The Bertz CT molecular complexity index is 673. The van der Waals surface area contributed by atoms with Crippen LogP contribution in [0.15, 0.2) is 30.3 Å². The summed E-state index contributed by atoms with van der Waals surface area (Å²) in [5.74, 6) is 0.443. The first-order valence-electron chi connectivity index (χ1n) is 8.28. The van der Waals surface area contributed by atoms with Gasteiger partial charge in [0.2, 0.25) is 0 Å². The van der Waals surface area contributed by atoms with Crippen molar-refractivity contribution in [2.24, 2.45) is 22.2 Å². The van der Waals surface area contributed by atoms with Gasteiger partial charge < -0.3 is 4.74 Å². The minimum atomic E-state index is -0.358. The monoisotopic (exact) mass is 300 g/mol. The van der Waals surface area contributed by atoms with Crippen LogP contribution in [-0.2, 0) is 14.9 Å². The molecule has 0 aliphatic heterocycles. The number of carbonyl (C=O) groups is 1. The zero-order valence-corrected chi connectivity index (χ0v) is 12.9. The lowest BCUT2D eigenvalue weighted by molar-refractivity contribution is -0.286. The molecule has 1 aromatic carbocycles. The highest BCUT2D eigenvalue weighted by molar-refractivity contribution is 5.80. The predicted molar refractivity (Wildman–Crippen MR) is 80.0 cm³/mol. The van der Waals surface area contributed by atoms with Crippen LogP contribution in [0.2, 0.25) is 0 Å². The lowest BCUT2D eigenvalue weighted by atomic mass is 9.24. The molecule has 0 heterocycles. The second-order valence-electron chi connectivity index (χ2n) is 8.24. The Balaban J connectivity index is 1.68. The second-order valence-corrected chi connectivity index (χ2v) is 8.24. The Kier molecular flexibility index (Phi) is 2.13. The Morgan fingerprint density at radius 2 is 2.00 bits per heavy atom. The van der Waals surface area contributed by atoms with Gasteiger partial charge in [0, 0.05) is 10.8 Å². The summed E-state index contributed by atoms with van der Waals surface area (Å²) in [7, 11) is 1.49. The van der Waals surface area contributed by atoms with Crippen molar-refractivity contribution in [3.8, 4) is 0 Å². The summed E-state index contributed by atoms with van der Waals surface area (Å²) in [4.78, 5) is 12.5. The minimum absolute atomic E-state index is 0.00963. The van der Waals surface area contributed by atoms with Gasteiger partial charge in [0.05, 0.1) is 19.2 Å². The lowest BCUT2D eigenvalue weighted by Gasteiger charge is -2.79. The molecule has 4 fully saturated rings. The molecule has 116 valence electrons. The Hall–Kier alpha value is -1.38. The van der Waals surface area contributed by atoms with E-state index in [0.717, 1.165) is 32.1 Å². The van der Waals surface area contributed by atoms with Crippen LogP contribution in [0.3, 0.4) is 0 Å². The van der Waals surface area contributed by atoms with Crippen molar-refractivity contribution in [2.45, 2.75) is 37.5 Å². The van der Waals surface area contributed by atoms with E-state index in [9.17, 15) is 9.18 Å². The number of benzene rings is 1. The van der Waals surface area contributed by atoms with Crippen molar-refractivity contribution < 1.29 is 13.9 Å². The van der Waals surface area contributed by atoms with E-state index in [1.165, 1.54) is 12.7 Å². The van der Waals surface area contributed by atoms with E-state index >= 15 is 0 Å². The first kappa shape index (κ1) is 13.1. The number of rotatable bonds is 3. The molecule has 3 heteroatoms. The van der Waals surface area contributed by atoms with Gasteiger partial charge in [-0.2, -0.15) is 0 Å². The minimum Gasteiger partial charge on any atom is -0.469 e. The van der Waals surface area contributed by atoms with E-state index in [4.69, 9.17) is 4.74 Å². The molecule has 22 heavy (non-hydrogen) atoms. The fraction of sp³-hybridized carbons (Fsp3) is 0.632. The number of hydrogen-bond acceptors (Lipinski definition) is 2. The second kappa shape index (κ2) is 3.58. The number of carbonyl (C=O) groups excluding carboxylic acids is 1. The van der Waals surface area contributed by atoms with E-state index in [0.29, 0.717) is 5.92 Å². The Morgan fingerprint density at radius 1 is 1.23 bits per heavy atom. The van der Waals surface area contributed by atoms with Crippen LogP contribution >= 0.6 is 0 Å². The zero-order valence-electron chi connectivity index (χ0n) is 12.9. The first-order chi connectivity index (χ1) is 10.6.